The van der Waals surface area contributed by atoms with Gasteiger partial charge in [0.05, 0.1) is 18.8 Å². The summed E-state index contributed by atoms with van der Waals surface area (Å²) in [6, 6.07) is 7.11. The number of ether oxygens (including phenoxy) is 2. The summed E-state index contributed by atoms with van der Waals surface area (Å²) in [5, 5.41) is 9.73. The lowest BCUT2D eigenvalue weighted by atomic mass is 10.1. The van der Waals surface area contributed by atoms with E-state index in [4.69, 9.17) is 9.47 Å². The number of benzene rings is 1. The van der Waals surface area contributed by atoms with Crippen LogP contribution >= 0.6 is 11.3 Å². The molecule has 0 bridgehead atoms. The molecule has 0 spiro atoms. The molecule has 1 fully saturated rings. The molecule has 2 N–H and O–H groups in total. The predicted molar refractivity (Wildman–Crippen MR) is 115 cm³/mol. The van der Waals surface area contributed by atoms with Gasteiger partial charge in [-0.05, 0) is 74.2 Å². The highest BCUT2D eigenvalue weighted by atomic mass is 32.1. The summed E-state index contributed by atoms with van der Waals surface area (Å²) in [6.07, 6.45) is 1.34. The average molecular weight is 418 g/mol. The number of carbonyl (C=O) groups excluding carboxylic acids is 2. The number of methoxy groups -OCH3 is 1. The van der Waals surface area contributed by atoms with E-state index in [1.54, 1.807) is 50.3 Å². The minimum Gasteiger partial charge on any atom is -0.495 e. The van der Waals surface area contributed by atoms with E-state index in [2.05, 4.69) is 22.1 Å². The number of hydrogen-bond donors (Lipinski definition) is 2. The van der Waals surface area contributed by atoms with Crippen LogP contribution in [0.25, 0.3) is 0 Å². The number of likely N-dealkylation sites (tertiary alicyclic amines) is 1. The minimum absolute atomic E-state index is 0.0962. The fourth-order valence-electron chi connectivity index (χ4n) is 3.31. The molecule has 0 unspecified atom stereocenters. The molecule has 0 saturated carbocycles. The van der Waals surface area contributed by atoms with Gasteiger partial charge in [-0.3, -0.25) is 5.32 Å². The Balaban J connectivity index is 1.72. The van der Waals surface area contributed by atoms with Gasteiger partial charge in [-0.1, -0.05) is 0 Å². The van der Waals surface area contributed by atoms with Crippen LogP contribution in [0.3, 0.4) is 0 Å². The monoisotopic (exact) mass is 417 g/mol. The molecule has 3 amide bonds. The zero-order valence-corrected chi connectivity index (χ0v) is 18.0. The van der Waals surface area contributed by atoms with Crippen LogP contribution in [0.5, 0.6) is 5.75 Å². The molecule has 0 radical (unpaired) electrons. The first-order chi connectivity index (χ1) is 13.8. The second-order valence-electron chi connectivity index (χ2n) is 7.88. The lowest BCUT2D eigenvalue weighted by Crippen LogP contribution is -2.34. The predicted octanol–water partition coefficient (Wildman–Crippen LogP) is 5.47. The third kappa shape index (κ3) is 5.41. The van der Waals surface area contributed by atoms with Gasteiger partial charge in [-0.15, -0.1) is 0 Å². The van der Waals surface area contributed by atoms with Crippen molar-refractivity contribution in [2.75, 3.05) is 24.3 Å². The van der Waals surface area contributed by atoms with E-state index in [1.807, 2.05) is 10.3 Å². The Bertz CT molecular complexity index is 861. The smallest absolute Gasteiger partial charge is 0.412 e. The first kappa shape index (κ1) is 21.0. The number of nitrogens with zero attached hydrogens (tertiary/aromatic N) is 1. The molecule has 1 aromatic carbocycles. The van der Waals surface area contributed by atoms with Crippen molar-refractivity contribution in [1.29, 1.82) is 0 Å². The number of anilines is 2. The summed E-state index contributed by atoms with van der Waals surface area (Å²) in [6.45, 7) is 6.09. The van der Waals surface area contributed by atoms with Crippen molar-refractivity contribution >= 4 is 34.8 Å². The average Bonchev–Trinajstić information content (AvgIpc) is 3.31. The maximum absolute atomic E-state index is 12.9. The normalized spacial score (nSPS) is 16.4. The van der Waals surface area contributed by atoms with Gasteiger partial charge >= 0.3 is 12.1 Å². The number of carbonyl (C=O) groups is 2. The van der Waals surface area contributed by atoms with Crippen LogP contribution in [-0.4, -0.2) is 36.3 Å². The minimum atomic E-state index is -0.616. The van der Waals surface area contributed by atoms with Crippen LogP contribution < -0.4 is 15.4 Å². The van der Waals surface area contributed by atoms with Crippen molar-refractivity contribution in [1.82, 2.24) is 4.90 Å². The van der Waals surface area contributed by atoms with Crippen molar-refractivity contribution in [3.05, 3.63) is 40.6 Å². The zero-order valence-electron chi connectivity index (χ0n) is 17.2. The van der Waals surface area contributed by atoms with Crippen LogP contribution in [0, 0.1) is 0 Å². The Morgan fingerprint density at radius 2 is 2.00 bits per heavy atom. The van der Waals surface area contributed by atoms with Gasteiger partial charge in [0.1, 0.15) is 11.4 Å². The topological polar surface area (TPSA) is 79.9 Å². The first-order valence-electron chi connectivity index (χ1n) is 9.54. The highest BCUT2D eigenvalue weighted by Crippen LogP contribution is 2.34. The van der Waals surface area contributed by atoms with Crippen molar-refractivity contribution in [2.24, 2.45) is 0 Å². The number of hydrogen-bond acceptors (Lipinski definition) is 5. The van der Waals surface area contributed by atoms with Gasteiger partial charge in [-0.2, -0.15) is 11.3 Å². The molecule has 7 nitrogen and oxygen atoms in total. The summed E-state index contributed by atoms with van der Waals surface area (Å²) in [7, 11) is 1.52. The SMILES string of the molecule is COc1ccc(NC(=O)N2CCC[C@@H]2c2ccsc2)cc1NC(=O)OC(C)(C)C. The van der Waals surface area contributed by atoms with Crippen molar-refractivity contribution in [2.45, 2.75) is 45.3 Å². The molecule has 156 valence electrons. The molecule has 1 saturated heterocycles. The van der Waals surface area contributed by atoms with E-state index in [1.165, 1.54) is 12.7 Å². The van der Waals surface area contributed by atoms with E-state index in [0.29, 0.717) is 23.7 Å². The Labute approximate surface area is 175 Å². The number of urea groups is 1. The molecule has 1 atom stereocenters. The van der Waals surface area contributed by atoms with Crippen LogP contribution in [0.4, 0.5) is 21.0 Å². The van der Waals surface area contributed by atoms with Crippen molar-refractivity contribution in [3.63, 3.8) is 0 Å². The molecule has 1 aliphatic heterocycles. The standard InChI is InChI=1S/C21H27N3O4S/c1-21(2,3)28-20(26)23-16-12-15(7-8-18(16)27-4)22-19(25)24-10-5-6-17(24)14-9-11-29-13-14/h7-9,11-13,17H,5-6,10H2,1-4H3,(H,22,25)(H,23,26)/t17-/m1/s1. The second kappa shape index (κ2) is 8.73. The maximum Gasteiger partial charge on any atom is 0.412 e. The summed E-state index contributed by atoms with van der Waals surface area (Å²) < 4.78 is 10.6. The molecule has 1 aromatic heterocycles. The highest BCUT2D eigenvalue weighted by Gasteiger charge is 2.30. The summed E-state index contributed by atoms with van der Waals surface area (Å²) >= 11 is 1.64. The van der Waals surface area contributed by atoms with E-state index >= 15 is 0 Å². The Morgan fingerprint density at radius 3 is 2.66 bits per heavy atom. The number of rotatable bonds is 4. The molecular weight excluding hydrogens is 390 g/mol. The quantitative estimate of drug-likeness (QED) is 0.691. The zero-order chi connectivity index (χ0) is 21.0. The molecule has 8 heteroatoms. The Morgan fingerprint density at radius 1 is 1.21 bits per heavy atom. The summed E-state index contributed by atoms with van der Waals surface area (Å²) in [5.41, 5.74) is 1.55. The second-order valence-corrected chi connectivity index (χ2v) is 8.66. The number of thiophene rings is 1. The van der Waals surface area contributed by atoms with Crippen LogP contribution in [-0.2, 0) is 4.74 Å². The third-order valence-corrected chi connectivity index (χ3v) is 5.23. The van der Waals surface area contributed by atoms with Gasteiger partial charge in [0, 0.05) is 12.2 Å². The first-order valence-corrected chi connectivity index (χ1v) is 10.5. The number of amides is 3. The van der Waals surface area contributed by atoms with E-state index in [9.17, 15) is 9.59 Å². The highest BCUT2D eigenvalue weighted by molar-refractivity contribution is 7.08. The van der Waals surface area contributed by atoms with Gasteiger partial charge in [0.15, 0.2) is 0 Å². The summed E-state index contributed by atoms with van der Waals surface area (Å²) in [5.74, 6) is 0.478. The third-order valence-electron chi connectivity index (χ3n) is 4.53. The van der Waals surface area contributed by atoms with Crippen LogP contribution in [0.1, 0.15) is 45.2 Å². The van der Waals surface area contributed by atoms with Gasteiger partial charge in [-0.25, -0.2) is 9.59 Å². The molecule has 1 aliphatic rings. The fourth-order valence-corrected chi connectivity index (χ4v) is 4.02. The van der Waals surface area contributed by atoms with E-state index < -0.39 is 11.7 Å². The van der Waals surface area contributed by atoms with Crippen molar-refractivity contribution in [3.8, 4) is 5.75 Å². The van der Waals surface area contributed by atoms with Crippen molar-refractivity contribution < 1.29 is 19.1 Å². The van der Waals surface area contributed by atoms with Gasteiger partial charge in [0.2, 0.25) is 0 Å². The lowest BCUT2D eigenvalue weighted by Gasteiger charge is -2.25. The van der Waals surface area contributed by atoms with Crippen LogP contribution in [0.2, 0.25) is 0 Å². The number of nitrogens with one attached hydrogen (secondary N) is 2. The van der Waals surface area contributed by atoms with Crippen LogP contribution in [0.15, 0.2) is 35.0 Å². The molecule has 3 rings (SSSR count). The Kier molecular flexibility index (Phi) is 6.32. The fraction of sp³-hybridized carbons (Fsp3) is 0.429. The van der Waals surface area contributed by atoms with E-state index in [0.717, 1.165) is 12.8 Å². The molecule has 2 heterocycles. The molecule has 0 aliphatic carbocycles. The summed E-state index contributed by atoms with van der Waals surface area (Å²) in [4.78, 5) is 26.9. The lowest BCUT2D eigenvalue weighted by molar-refractivity contribution is 0.0635. The Hall–Kier alpha value is -2.74. The molecule has 29 heavy (non-hydrogen) atoms. The largest absolute Gasteiger partial charge is 0.495 e. The maximum atomic E-state index is 12.9. The van der Waals surface area contributed by atoms with Gasteiger partial charge in [0.25, 0.3) is 0 Å². The van der Waals surface area contributed by atoms with E-state index in [-0.39, 0.29) is 12.1 Å². The molecule has 2 aromatic rings. The van der Waals surface area contributed by atoms with Gasteiger partial charge < -0.3 is 19.7 Å². The molecular formula is C21H27N3O4S.